The van der Waals surface area contributed by atoms with E-state index in [4.69, 9.17) is 0 Å². The standard InChI is InChI=1S/C24H29F2N3O2/c1-24(16-8-6-5-7-9-16)13-18(24)22(30)28-14-17(29(3)4)10-15-11-19(25)21(20(26)12-15)23(31)27-2/h5-9,11-12,17-18H,10,13-14H2,1-4H3,(H,27,31)(H,28,30)/t17?,18-,24+/m0/s1. The predicted octanol–water partition coefficient (Wildman–Crippen LogP) is 2.89. The van der Waals surface area contributed by atoms with E-state index in [-0.39, 0.29) is 23.3 Å². The lowest BCUT2D eigenvalue weighted by atomic mass is 9.95. The van der Waals surface area contributed by atoms with Crippen LogP contribution in [0.5, 0.6) is 0 Å². The smallest absolute Gasteiger partial charge is 0.256 e. The largest absolute Gasteiger partial charge is 0.355 e. The van der Waals surface area contributed by atoms with Gasteiger partial charge in [-0.15, -0.1) is 0 Å². The normalized spacial score (nSPS) is 20.9. The van der Waals surface area contributed by atoms with Gasteiger partial charge in [-0.1, -0.05) is 37.3 Å². The summed E-state index contributed by atoms with van der Waals surface area (Å²) >= 11 is 0. The number of carbonyl (C=O) groups excluding carboxylic acids is 2. The van der Waals surface area contributed by atoms with Crippen LogP contribution in [-0.2, 0) is 16.6 Å². The number of amides is 2. The Balaban J connectivity index is 1.64. The maximum absolute atomic E-state index is 14.3. The third kappa shape index (κ3) is 4.93. The van der Waals surface area contributed by atoms with Crippen molar-refractivity contribution in [3.05, 3.63) is 70.8 Å². The summed E-state index contributed by atoms with van der Waals surface area (Å²) in [5, 5.41) is 5.24. The van der Waals surface area contributed by atoms with Gasteiger partial charge in [0, 0.05) is 31.0 Å². The van der Waals surface area contributed by atoms with Crippen molar-refractivity contribution in [3.63, 3.8) is 0 Å². The average Bonchev–Trinajstić information content (AvgIpc) is 3.43. The molecule has 2 aromatic rings. The van der Waals surface area contributed by atoms with E-state index in [1.54, 1.807) is 0 Å². The van der Waals surface area contributed by atoms with Gasteiger partial charge in [0.05, 0.1) is 0 Å². The fourth-order valence-corrected chi connectivity index (χ4v) is 4.02. The number of halogens is 2. The van der Waals surface area contributed by atoms with E-state index in [9.17, 15) is 18.4 Å². The first-order valence-corrected chi connectivity index (χ1v) is 10.4. The molecule has 0 spiro atoms. The molecule has 0 radical (unpaired) electrons. The van der Waals surface area contributed by atoms with E-state index < -0.39 is 23.1 Å². The zero-order chi connectivity index (χ0) is 22.8. The van der Waals surface area contributed by atoms with Crippen LogP contribution in [0, 0.1) is 17.6 Å². The maximum atomic E-state index is 14.3. The molecular formula is C24H29F2N3O2. The van der Waals surface area contributed by atoms with Crippen LogP contribution in [0.25, 0.3) is 0 Å². The molecule has 31 heavy (non-hydrogen) atoms. The van der Waals surface area contributed by atoms with Crippen molar-refractivity contribution >= 4 is 11.8 Å². The fourth-order valence-electron chi connectivity index (χ4n) is 4.02. The van der Waals surface area contributed by atoms with Crippen LogP contribution in [0.15, 0.2) is 42.5 Å². The van der Waals surface area contributed by atoms with Gasteiger partial charge in [-0.3, -0.25) is 9.59 Å². The molecule has 7 heteroatoms. The molecule has 2 amide bonds. The molecule has 2 aromatic carbocycles. The van der Waals surface area contributed by atoms with Crippen LogP contribution >= 0.6 is 0 Å². The summed E-state index contributed by atoms with van der Waals surface area (Å²) in [5.41, 5.74) is 0.841. The van der Waals surface area contributed by atoms with Crippen molar-refractivity contribution in [2.24, 2.45) is 5.92 Å². The van der Waals surface area contributed by atoms with Crippen LogP contribution in [-0.4, -0.2) is 50.4 Å². The molecular weight excluding hydrogens is 400 g/mol. The Morgan fingerprint density at radius 3 is 2.32 bits per heavy atom. The summed E-state index contributed by atoms with van der Waals surface area (Å²) in [6, 6.07) is 12.2. The summed E-state index contributed by atoms with van der Waals surface area (Å²) in [5.74, 6) is -2.69. The quantitative estimate of drug-likeness (QED) is 0.678. The summed E-state index contributed by atoms with van der Waals surface area (Å²) in [4.78, 5) is 26.3. The van der Waals surface area contributed by atoms with E-state index >= 15 is 0 Å². The molecule has 0 saturated heterocycles. The minimum atomic E-state index is -0.896. The third-order valence-electron chi connectivity index (χ3n) is 6.26. The van der Waals surface area contributed by atoms with Crippen molar-refractivity contribution in [2.45, 2.75) is 31.2 Å². The molecule has 1 aliphatic carbocycles. The SMILES string of the molecule is CNC(=O)c1c(F)cc(CC(CNC(=O)[C@@H]2C[C@]2(C)c2ccccc2)N(C)C)cc1F. The molecule has 0 heterocycles. The highest BCUT2D eigenvalue weighted by atomic mass is 19.1. The van der Waals surface area contributed by atoms with Gasteiger partial charge in [0.1, 0.15) is 17.2 Å². The van der Waals surface area contributed by atoms with Crippen LogP contribution in [0.3, 0.4) is 0 Å². The summed E-state index contributed by atoms with van der Waals surface area (Å²) < 4.78 is 28.6. The predicted molar refractivity (Wildman–Crippen MR) is 116 cm³/mol. The van der Waals surface area contributed by atoms with Crippen molar-refractivity contribution in [3.8, 4) is 0 Å². The summed E-state index contributed by atoms with van der Waals surface area (Å²) in [7, 11) is 5.03. The molecule has 3 atom stereocenters. The van der Waals surface area contributed by atoms with Gasteiger partial charge < -0.3 is 15.5 Å². The zero-order valence-electron chi connectivity index (χ0n) is 18.3. The number of rotatable bonds is 8. The van der Waals surface area contributed by atoms with Crippen molar-refractivity contribution in [2.75, 3.05) is 27.7 Å². The average molecular weight is 430 g/mol. The number of hydrogen-bond donors (Lipinski definition) is 2. The number of carbonyl (C=O) groups is 2. The third-order valence-corrected chi connectivity index (χ3v) is 6.26. The minimum Gasteiger partial charge on any atom is -0.355 e. The minimum absolute atomic E-state index is 0.00877. The van der Waals surface area contributed by atoms with E-state index in [0.717, 1.165) is 12.0 Å². The highest BCUT2D eigenvalue weighted by Gasteiger charge is 2.55. The van der Waals surface area contributed by atoms with E-state index in [2.05, 4.69) is 17.6 Å². The highest BCUT2D eigenvalue weighted by molar-refractivity contribution is 5.94. The Bertz CT molecular complexity index is 942. The second-order valence-corrected chi connectivity index (χ2v) is 8.62. The Labute approximate surface area is 181 Å². The molecule has 0 aliphatic heterocycles. The number of nitrogens with one attached hydrogen (secondary N) is 2. The molecule has 5 nitrogen and oxygen atoms in total. The zero-order valence-corrected chi connectivity index (χ0v) is 18.3. The second kappa shape index (κ2) is 9.14. The van der Waals surface area contributed by atoms with Crippen LogP contribution in [0.1, 0.15) is 34.8 Å². The molecule has 166 valence electrons. The first kappa shape index (κ1) is 22.9. The molecule has 3 rings (SSSR count). The Hall–Kier alpha value is -2.80. The molecule has 1 unspecified atom stereocenters. The highest BCUT2D eigenvalue weighted by Crippen LogP contribution is 2.53. The first-order chi connectivity index (χ1) is 14.7. The van der Waals surface area contributed by atoms with Crippen molar-refractivity contribution < 1.29 is 18.4 Å². The van der Waals surface area contributed by atoms with Crippen LogP contribution in [0.2, 0.25) is 0 Å². The second-order valence-electron chi connectivity index (χ2n) is 8.62. The molecule has 2 N–H and O–H groups in total. The molecule has 1 aliphatic rings. The lowest BCUT2D eigenvalue weighted by Crippen LogP contribution is -2.42. The van der Waals surface area contributed by atoms with E-state index in [1.807, 2.05) is 49.3 Å². The van der Waals surface area contributed by atoms with Gasteiger partial charge in [0.15, 0.2) is 0 Å². The fraction of sp³-hybridized carbons (Fsp3) is 0.417. The molecule has 0 aromatic heterocycles. The number of hydrogen-bond acceptors (Lipinski definition) is 3. The van der Waals surface area contributed by atoms with Crippen molar-refractivity contribution in [1.29, 1.82) is 0 Å². The number of likely N-dealkylation sites (N-methyl/N-ethyl adjacent to an activating group) is 1. The van der Waals surface area contributed by atoms with Gasteiger partial charge >= 0.3 is 0 Å². The van der Waals surface area contributed by atoms with Gasteiger partial charge in [0.2, 0.25) is 5.91 Å². The van der Waals surface area contributed by atoms with E-state index in [1.165, 1.54) is 19.2 Å². The summed E-state index contributed by atoms with van der Waals surface area (Å²) in [6.07, 6.45) is 1.13. The van der Waals surface area contributed by atoms with Crippen molar-refractivity contribution in [1.82, 2.24) is 15.5 Å². The topological polar surface area (TPSA) is 61.4 Å². The van der Waals surface area contributed by atoms with Crippen LogP contribution < -0.4 is 10.6 Å². The van der Waals surface area contributed by atoms with Gasteiger partial charge in [-0.05, 0) is 50.2 Å². The molecule has 1 fully saturated rings. The first-order valence-electron chi connectivity index (χ1n) is 10.4. The summed E-state index contributed by atoms with van der Waals surface area (Å²) in [6.45, 7) is 2.45. The number of nitrogens with zero attached hydrogens (tertiary/aromatic N) is 1. The lowest BCUT2D eigenvalue weighted by molar-refractivity contribution is -0.122. The monoisotopic (exact) mass is 429 g/mol. The maximum Gasteiger partial charge on any atom is 0.256 e. The van der Waals surface area contributed by atoms with E-state index in [0.29, 0.717) is 18.5 Å². The number of benzene rings is 2. The molecule has 0 bridgehead atoms. The Morgan fingerprint density at radius 1 is 1.16 bits per heavy atom. The molecule has 1 saturated carbocycles. The Kier molecular flexibility index (Phi) is 6.74. The van der Waals surface area contributed by atoms with Crippen LogP contribution in [0.4, 0.5) is 8.78 Å². The van der Waals surface area contributed by atoms with Gasteiger partial charge in [-0.25, -0.2) is 8.78 Å². The lowest BCUT2D eigenvalue weighted by Gasteiger charge is -2.25. The van der Waals surface area contributed by atoms with Gasteiger partial charge in [0.25, 0.3) is 5.91 Å². The van der Waals surface area contributed by atoms with Gasteiger partial charge in [-0.2, -0.15) is 0 Å². The Morgan fingerprint density at radius 2 is 1.77 bits per heavy atom.